The number of nitrogens with zero attached hydrogens (tertiary/aromatic N) is 2. The molecule has 126 valence electrons. The smallest absolute Gasteiger partial charge is 0.257 e. The number of hydrogen-bond donors (Lipinski definition) is 0. The predicted molar refractivity (Wildman–Crippen MR) is 91.9 cm³/mol. The van der Waals surface area contributed by atoms with Crippen LogP contribution < -0.4 is 4.74 Å². The van der Waals surface area contributed by atoms with Crippen molar-refractivity contribution in [2.75, 3.05) is 33.3 Å². The molecule has 1 aromatic rings. The highest BCUT2D eigenvalue weighted by Gasteiger charge is 2.29. The number of para-hydroxylation sites is 1. The van der Waals surface area contributed by atoms with Crippen LogP contribution >= 0.6 is 0 Å². The van der Waals surface area contributed by atoms with Crippen LogP contribution in [0.25, 0.3) is 0 Å². The third kappa shape index (κ3) is 3.69. The van der Waals surface area contributed by atoms with Crippen molar-refractivity contribution in [2.45, 2.75) is 38.6 Å². The van der Waals surface area contributed by atoms with E-state index in [4.69, 9.17) is 4.74 Å². The zero-order valence-electron chi connectivity index (χ0n) is 14.3. The van der Waals surface area contributed by atoms with Gasteiger partial charge in [0.05, 0.1) is 12.7 Å². The average Bonchev–Trinajstić information content (AvgIpc) is 2.61. The average molecular weight is 316 g/mol. The Hall–Kier alpha value is -1.55. The molecule has 0 unspecified atom stereocenters. The number of carbonyl (C=O) groups is 1. The van der Waals surface area contributed by atoms with Gasteiger partial charge in [-0.25, -0.2) is 0 Å². The van der Waals surface area contributed by atoms with Crippen LogP contribution in [-0.4, -0.2) is 55.0 Å². The van der Waals surface area contributed by atoms with Crippen molar-refractivity contribution in [1.82, 2.24) is 9.80 Å². The van der Waals surface area contributed by atoms with Gasteiger partial charge in [0, 0.05) is 32.2 Å². The standard InChI is InChI=1S/C19H28N2O2/c1-15-6-5-7-16(14-15)20-10-12-21(13-11-20)19(22)17-8-3-4-9-18(17)23-2/h3-4,8-9,15-16H,5-7,10-14H2,1-2H3/t15-,16-/m0/s1. The maximum Gasteiger partial charge on any atom is 0.257 e. The molecule has 1 heterocycles. The van der Waals surface area contributed by atoms with Crippen molar-refractivity contribution in [3.05, 3.63) is 29.8 Å². The van der Waals surface area contributed by atoms with E-state index < -0.39 is 0 Å². The van der Waals surface area contributed by atoms with E-state index in [1.54, 1.807) is 7.11 Å². The molecule has 1 amide bonds. The van der Waals surface area contributed by atoms with Crippen LogP contribution in [0, 0.1) is 5.92 Å². The van der Waals surface area contributed by atoms with Crippen molar-refractivity contribution in [2.24, 2.45) is 5.92 Å². The maximum atomic E-state index is 12.7. The first-order valence-electron chi connectivity index (χ1n) is 8.85. The number of ether oxygens (including phenoxy) is 1. The zero-order chi connectivity index (χ0) is 16.2. The highest BCUT2D eigenvalue weighted by atomic mass is 16.5. The minimum absolute atomic E-state index is 0.0964. The quantitative estimate of drug-likeness (QED) is 0.859. The second-order valence-corrected chi connectivity index (χ2v) is 6.95. The van der Waals surface area contributed by atoms with E-state index in [2.05, 4.69) is 11.8 Å². The molecule has 23 heavy (non-hydrogen) atoms. The molecule has 1 aliphatic heterocycles. The molecule has 1 saturated carbocycles. The van der Waals surface area contributed by atoms with Gasteiger partial charge >= 0.3 is 0 Å². The van der Waals surface area contributed by atoms with Gasteiger partial charge in [-0.3, -0.25) is 9.69 Å². The van der Waals surface area contributed by atoms with E-state index in [0.29, 0.717) is 11.3 Å². The Bertz CT molecular complexity index is 538. The van der Waals surface area contributed by atoms with Crippen LogP contribution in [0.1, 0.15) is 43.0 Å². The molecule has 0 N–H and O–H groups in total. The molecule has 2 aliphatic rings. The highest BCUT2D eigenvalue weighted by Crippen LogP contribution is 2.28. The molecule has 1 saturated heterocycles. The number of carbonyl (C=O) groups excluding carboxylic acids is 1. The van der Waals surface area contributed by atoms with Crippen LogP contribution in [0.2, 0.25) is 0 Å². The van der Waals surface area contributed by atoms with Gasteiger partial charge in [0.2, 0.25) is 0 Å². The van der Waals surface area contributed by atoms with Gasteiger partial charge in [-0.2, -0.15) is 0 Å². The third-order valence-electron chi connectivity index (χ3n) is 5.36. The van der Waals surface area contributed by atoms with E-state index >= 15 is 0 Å². The van der Waals surface area contributed by atoms with Crippen LogP contribution in [0.5, 0.6) is 5.75 Å². The zero-order valence-corrected chi connectivity index (χ0v) is 14.3. The van der Waals surface area contributed by atoms with E-state index in [1.165, 1.54) is 25.7 Å². The predicted octanol–water partition coefficient (Wildman–Crippen LogP) is 3.03. The summed E-state index contributed by atoms with van der Waals surface area (Å²) < 4.78 is 5.33. The molecule has 0 aromatic heterocycles. The second kappa shape index (κ2) is 7.35. The number of hydrogen-bond acceptors (Lipinski definition) is 3. The Labute approximate surface area is 139 Å². The van der Waals surface area contributed by atoms with E-state index in [-0.39, 0.29) is 5.91 Å². The fraction of sp³-hybridized carbons (Fsp3) is 0.632. The van der Waals surface area contributed by atoms with Gasteiger partial charge in [0.1, 0.15) is 5.75 Å². The third-order valence-corrected chi connectivity index (χ3v) is 5.36. The first-order chi connectivity index (χ1) is 11.2. The molecule has 3 rings (SSSR count). The van der Waals surface area contributed by atoms with Gasteiger partial charge in [-0.1, -0.05) is 31.9 Å². The van der Waals surface area contributed by atoms with Gasteiger partial charge in [-0.05, 0) is 30.9 Å². The summed E-state index contributed by atoms with van der Waals surface area (Å²) in [4.78, 5) is 17.3. The Morgan fingerprint density at radius 1 is 1.13 bits per heavy atom. The van der Waals surface area contributed by atoms with Gasteiger partial charge in [0.25, 0.3) is 5.91 Å². The van der Waals surface area contributed by atoms with Crippen LogP contribution in [0.3, 0.4) is 0 Å². The summed E-state index contributed by atoms with van der Waals surface area (Å²) in [6.07, 6.45) is 5.38. The van der Waals surface area contributed by atoms with E-state index in [9.17, 15) is 4.79 Å². The van der Waals surface area contributed by atoms with Crippen molar-refractivity contribution in [3.63, 3.8) is 0 Å². The van der Waals surface area contributed by atoms with Gasteiger partial charge < -0.3 is 9.64 Å². The number of methoxy groups -OCH3 is 1. The lowest BCUT2D eigenvalue weighted by Gasteiger charge is -2.42. The minimum Gasteiger partial charge on any atom is -0.496 e. The maximum absolute atomic E-state index is 12.7. The first kappa shape index (κ1) is 16.3. The van der Waals surface area contributed by atoms with Crippen LogP contribution in [0.15, 0.2) is 24.3 Å². The summed E-state index contributed by atoms with van der Waals surface area (Å²) in [6, 6.07) is 8.23. The van der Waals surface area contributed by atoms with Crippen molar-refractivity contribution in [3.8, 4) is 5.75 Å². The monoisotopic (exact) mass is 316 g/mol. The molecule has 1 aliphatic carbocycles. The topological polar surface area (TPSA) is 32.8 Å². The molecule has 0 radical (unpaired) electrons. The second-order valence-electron chi connectivity index (χ2n) is 6.95. The van der Waals surface area contributed by atoms with E-state index in [0.717, 1.165) is 38.1 Å². The molecule has 0 bridgehead atoms. The Balaban J connectivity index is 1.59. The molecule has 1 aromatic carbocycles. The summed E-state index contributed by atoms with van der Waals surface area (Å²) in [6.45, 7) is 6.01. The first-order valence-corrected chi connectivity index (χ1v) is 8.85. The lowest BCUT2D eigenvalue weighted by atomic mass is 9.86. The number of piperazine rings is 1. The van der Waals surface area contributed by atoms with Gasteiger partial charge in [-0.15, -0.1) is 0 Å². The van der Waals surface area contributed by atoms with E-state index in [1.807, 2.05) is 29.2 Å². The van der Waals surface area contributed by atoms with Gasteiger partial charge in [0.15, 0.2) is 0 Å². The van der Waals surface area contributed by atoms with Crippen molar-refractivity contribution in [1.29, 1.82) is 0 Å². The van der Waals surface area contributed by atoms with Crippen LogP contribution in [-0.2, 0) is 0 Å². The Morgan fingerprint density at radius 3 is 2.57 bits per heavy atom. The summed E-state index contributed by atoms with van der Waals surface area (Å²) >= 11 is 0. The Kier molecular flexibility index (Phi) is 5.21. The summed E-state index contributed by atoms with van der Waals surface area (Å²) in [5, 5.41) is 0. The highest BCUT2D eigenvalue weighted by molar-refractivity contribution is 5.97. The SMILES string of the molecule is COc1ccccc1C(=O)N1CCN([C@H]2CCC[C@H](C)C2)CC1. The molecule has 4 heteroatoms. The largest absolute Gasteiger partial charge is 0.496 e. The number of amides is 1. The van der Waals surface area contributed by atoms with Crippen molar-refractivity contribution >= 4 is 5.91 Å². The molecule has 2 atom stereocenters. The summed E-state index contributed by atoms with van der Waals surface area (Å²) in [7, 11) is 1.62. The molecule has 2 fully saturated rings. The summed E-state index contributed by atoms with van der Waals surface area (Å²) in [5.74, 6) is 1.61. The molecule has 0 spiro atoms. The molecule has 4 nitrogen and oxygen atoms in total. The van der Waals surface area contributed by atoms with Crippen molar-refractivity contribution < 1.29 is 9.53 Å². The molecular weight excluding hydrogens is 288 g/mol. The minimum atomic E-state index is 0.0964. The van der Waals surface area contributed by atoms with Crippen LogP contribution in [0.4, 0.5) is 0 Å². The Morgan fingerprint density at radius 2 is 1.87 bits per heavy atom. The lowest BCUT2D eigenvalue weighted by molar-refractivity contribution is 0.0486. The fourth-order valence-corrected chi connectivity index (χ4v) is 4.02. The lowest BCUT2D eigenvalue weighted by Crippen LogP contribution is -2.52. The molecular formula is C19H28N2O2. The fourth-order valence-electron chi connectivity index (χ4n) is 4.02. The normalized spacial score (nSPS) is 26.1. The number of benzene rings is 1. The number of rotatable bonds is 3. The summed E-state index contributed by atoms with van der Waals surface area (Å²) in [5.41, 5.74) is 0.676.